The number of nitrogens with zero attached hydrogens (tertiary/aromatic N) is 1. The van der Waals surface area contributed by atoms with Crippen molar-refractivity contribution in [1.29, 1.82) is 5.26 Å². The molecule has 0 spiro atoms. The van der Waals surface area contributed by atoms with Crippen molar-refractivity contribution in [3.8, 4) is 6.07 Å². The molecule has 0 saturated carbocycles. The van der Waals surface area contributed by atoms with Crippen molar-refractivity contribution in [3.05, 3.63) is 35.4 Å². The largest absolute Gasteiger partial charge is 0.315 e. The lowest BCUT2D eigenvalue weighted by molar-refractivity contribution is 0.646. The van der Waals surface area contributed by atoms with Crippen molar-refractivity contribution in [3.63, 3.8) is 0 Å². The first-order chi connectivity index (χ1) is 7.35. The lowest BCUT2D eigenvalue weighted by atomic mass is 9.89. The zero-order valence-corrected chi connectivity index (χ0v) is 9.03. The van der Waals surface area contributed by atoms with E-state index in [0.29, 0.717) is 5.92 Å². The Balaban J connectivity index is 2.19. The lowest BCUT2D eigenvalue weighted by Gasteiger charge is -2.12. The molecule has 2 nitrogen and oxygen atoms in total. The molecule has 0 bridgehead atoms. The summed E-state index contributed by atoms with van der Waals surface area (Å²) >= 11 is 0. The molecular formula is C13H16N2. The zero-order chi connectivity index (χ0) is 10.7. The predicted molar refractivity (Wildman–Crippen MR) is 60.5 cm³/mol. The molecule has 0 aromatic heterocycles. The van der Waals surface area contributed by atoms with E-state index in [-0.39, 0.29) is 5.92 Å². The molecule has 2 rings (SSSR count). The van der Waals surface area contributed by atoms with Crippen molar-refractivity contribution in [2.24, 2.45) is 5.92 Å². The number of hydrogen-bond donors (Lipinski definition) is 1. The molecule has 1 aromatic rings. The highest BCUT2D eigenvalue weighted by molar-refractivity contribution is 5.28. The molecule has 0 amide bonds. The maximum absolute atomic E-state index is 9.01. The summed E-state index contributed by atoms with van der Waals surface area (Å²) < 4.78 is 0. The molecule has 1 N–H and O–H groups in total. The van der Waals surface area contributed by atoms with Gasteiger partial charge < -0.3 is 5.32 Å². The van der Waals surface area contributed by atoms with E-state index in [1.807, 2.05) is 0 Å². The number of nitriles is 1. The summed E-state index contributed by atoms with van der Waals surface area (Å²) in [6.45, 7) is 3.92. The highest BCUT2D eigenvalue weighted by Crippen LogP contribution is 2.27. The molecule has 1 fully saturated rings. The molecule has 1 heterocycles. The van der Waals surface area contributed by atoms with Crippen molar-refractivity contribution in [2.75, 3.05) is 13.1 Å². The minimum Gasteiger partial charge on any atom is -0.315 e. The number of nitrogens with one attached hydrogen (secondary N) is 1. The van der Waals surface area contributed by atoms with E-state index >= 15 is 0 Å². The molecule has 1 saturated heterocycles. The standard InChI is InChI=1S/C13H16N2/c1-2-10-3-5-11(6-4-10)13-9-15-8-12(13)7-14/h3-6,12-13,15H,2,8-9H2,1H3/t12-,13+/m0/s1. The fourth-order valence-corrected chi connectivity index (χ4v) is 2.17. The van der Waals surface area contributed by atoms with E-state index in [4.69, 9.17) is 5.26 Å². The van der Waals surface area contributed by atoms with Gasteiger partial charge >= 0.3 is 0 Å². The summed E-state index contributed by atoms with van der Waals surface area (Å²) in [7, 11) is 0. The highest BCUT2D eigenvalue weighted by Gasteiger charge is 2.27. The first-order valence-corrected chi connectivity index (χ1v) is 5.54. The second-order valence-electron chi connectivity index (χ2n) is 4.10. The minimum atomic E-state index is 0.137. The van der Waals surface area contributed by atoms with Gasteiger partial charge in [0, 0.05) is 19.0 Å². The smallest absolute Gasteiger partial charge is 0.0676 e. The monoisotopic (exact) mass is 200 g/mol. The maximum Gasteiger partial charge on any atom is 0.0676 e. The number of hydrogen-bond acceptors (Lipinski definition) is 2. The van der Waals surface area contributed by atoms with Crippen LogP contribution in [-0.2, 0) is 6.42 Å². The minimum absolute atomic E-state index is 0.137. The van der Waals surface area contributed by atoms with Gasteiger partial charge in [0.1, 0.15) is 0 Å². The average Bonchev–Trinajstić information content (AvgIpc) is 2.77. The van der Waals surface area contributed by atoms with Crippen LogP contribution in [0.4, 0.5) is 0 Å². The Labute approximate surface area is 90.9 Å². The fraction of sp³-hybridized carbons (Fsp3) is 0.462. The first kappa shape index (κ1) is 10.2. The highest BCUT2D eigenvalue weighted by atomic mass is 14.9. The van der Waals surface area contributed by atoms with Gasteiger partial charge in [-0.1, -0.05) is 31.2 Å². The van der Waals surface area contributed by atoms with Gasteiger partial charge in [0.25, 0.3) is 0 Å². The molecule has 1 aliphatic rings. The third kappa shape index (κ3) is 2.03. The topological polar surface area (TPSA) is 35.8 Å². The van der Waals surface area contributed by atoms with E-state index in [1.165, 1.54) is 11.1 Å². The van der Waals surface area contributed by atoms with Crippen LogP contribution < -0.4 is 5.32 Å². The molecule has 0 unspecified atom stereocenters. The number of benzene rings is 1. The predicted octanol–water partition coefficient (Wildman–Crippen LogP) is 2.08. The van der Waals surface area contributed by atoms with Gasteiger partial charge in [-0.2, -0.15) is 5.26 Å². The molecule has 1 aliphatic heterocycles. The lowest BCUT2D eigenvalue weighted by Crippen LogP contribution is -2.08. The van der Waals surface area contributed by atoms with Gasteiger partial charge in [0.2, 0.25) is 0 Å². The summed E-state index contributed by atoms with van der Waals surface area (Å²) in [6.07, 6.45) is 1.07. The second-order valence-corrected chi connectivity index (χ2v) is 4.10. The van der Waals surface area contributed by atoms with Crippen molar-refractivity contribution >= 4 is 0 Å². The van der Waals surface area contributed by atoms with E-state index in [9.17, 15) is 0 Å². The third-order valence-electron chi connectivity index (χ3n) is 3.20. The Kier molecular flexibility index (Phi) is 3.03. The van der Waals surface area contributed by atoms with Crippen LogP contribution in [0.15, 0.2) is 24.3 Å². The second kappa shape index (κ2) is 4.46. The van der Waals surface area contributed by atoms with E-state index in [0.717, 1.165) is 19.5 Å². The molecule has 2 heteroatoms. The van der Waals surface area contributed by atoms with Gasteiger partial charge in [0.05, 0.1) is 12.0 Å². The van der Waals surface area contributed by atoms with E-state index in [1.54, 1.807) is 0 Å². The molecule has 0 aliphatic carbocycles. The van der Waals surface area contributed by atoms with Crippen LogP contribution in [0.5, 0.6) is 0 Å². The summed E-state index contributed by atoms with van der Waals surface area (Å²) in [4.78, 5) is 0. The normalized spacial score (nSPS) is 25.1. The quantitative estimate of drug-likeness (QED) is 0.793. The van der Waals surface area contributed by atoms with Crippen LogP contribution in [0.1, 0.15) is 24.0 Å². The zero-order valence-electron chi connectivity index (χ0n) is 9.03. The van der Waals surface area contributed by atoms with Crippen molar-refractivity contribution < 1.29 is 0 Å². The SMILES string of the molecule is CCc1ccc([C@H]2CNC[C@@H]2C#N)cc1. The van der Waals surface area contributed by atoms with Gasteiger partial charge in [0.15, 0.2) is 0 Å². The average molecular weight is 200 g/mol. The third-order valence-corrected chi connectivity index (χ3v) is 3.20. The van der Waals surface area contributed by atoms with Crippen LogP contribution in [0.2, 0.25) is 0 Å². The van der Waals surface area contributed by atoms with Crippen molar-refractivity contribution in [1.82, 2.24) is 5.32 Å². The Morgan fingerprint density at radius 2 is 2.07 bits per heavy atom. The van der Waals surface area contributed by atoms with Crippen LogP contribution in [-0.4, -0.2) is 13.1 Å². The Hall–Kier alpha value is -1.33. The van der Waals surface area contributed by atoms with Crippen LogP contribution in [0.3, 0.4) is 0 Å². The fourth-order valence-electron chi connectivity index (χ4n) is 2.17. The summed E-state index contributed by atoms with van der Waals surface area (Å²) in [5.74, 6) is 0.512. The number of aryl methyl sites for hydroxylation is 1. The summed E-state index contributed by atoms with van der Waals surface area (Å²) in [5.41, 5.74) is 2.65. The maximum atomic E-state index is 9.01. The Morgan fingerprint density at radius 3 is 2.67 bits per heavy atom. The molecule has 78 valence electrons. The molecular weight excluding hydrogens is 184 g/mol. The van der Waals surface area contributed by atoms with Crippen LogP contribution in [0.25, 0.3) is 0 Å². The van der Waals surface area contributed by atoms with Gasteiger partial charge in [-0.25, -0.2) is 0 Å². The number of rotatable bonds is 2. The molecule has 15 heavy (non-hydrogen) atoms. The van der Waals surface area contributed by atoms with Crippen LogP contribution in [0, 0.1) is 17.2 Å². The van der Waals surface area contributed by atoms with Gasteiger partial charge in [-0.15, -0.1) is 0 Å². The summed E-state index contributed by atoms with van der Waals surface area (Å²) in [6, 6.07) is 11.1. The molecule has 2 atom stereocenters. The van der Waals surface area contributed by atoms with Gasteiger partial charge in [-0.3, -0.25) is 0 Å². The van der Waals surface area contributed by atoms with E-state index in [2.05, 4.69) is 42.6 Å². The Bertz CT molecular complexity index is 361. The molecule has 0 radical (unpaired) electrons. The van der Waals surface area contributed by atoms with Crippen molar-refractivity contribution in [2.45, 2.75) is 19.3 Å². The summed E-state index contributed by atoms with van der Waals surface area (Å²) in [5, 5.41) is 12.3. The Morgan fingerprint density at radius 1 is 1.33 bits per heavy atom. The molecule has 1 aromatic carbocycles. The van der Waals surface area contributed by atoms with Crippen LogP contribution >= 0.6 is 0 Å². The van der Waals surface area contributed by atoms with Gasteiger partial charge in [-0.05, 0) is 17.5 Å². The van der Waals surface area contributed by atoms with E-state index < -0.39 is 0 Å². The first-order valence-electron chi connectivity index (χ1n) is 5.54.